The van der Waals surface area contributed by atoms with E-state index < -0.39 is 0 Å². The second-order valence-electron chi connectivity index (χ2n) is 10.4. The Hall–Kier alpha value is -5.20. The van der Waals surface area contributed by atoms with E-state index in [9.17, 15) is 0 Å². The van der Waals surface area contributed by atoms with Crippen molar-refractivity contribution in [3.63, 3.8) is 0 Å². The summed E-state index contributed by atoms with van der Waals surface area (Å²) in [5.74, 6) is 0. The summed E-state index contributed by atoms with van der Waals surface area (Å²) >= 11 is 0. The van der Waals surface area contributed by atoms with Crippen LogP contribution >= 0.6 is 0 Å². The Morgan fingerprint density at radius 1 is 0.208 bits per heavy atom. The summed E-state index contributed by atoms with van der Waals surface area (Å²) in [7, 11) is 5.00. The predicted octanol–water partition coefficient (Wildman–Crippen LogP) is 27.0. The van der Waals surface area contributed by atoms with Crippen molar-refractivity contribution in [2.24, 2.45) is 0 Å². The van der Waals surface area contributed by atoms with Crippen LogP contribution in [0.3, 0.4) is 0 Å². The van der Waals surface area contributed by atoms with Crippen LogP contribution in [0.4, 0.5) is 0 Å². The molecule has 72 heavy (non-hydrogen) atoms. The summed E-state index contributed by atoms with van der Waals surface area (Å²) in [4.78, 5) is 0. The Kier molecular flexibility index (Phi) is 129. The van der Waals surface area contributed by atoms with E-state index in [-0.39, 0.29) is 0 Å². The number of benzene rings is 7. The van der Waals surface area contributed by atoms with Crippen LogP contribution < -0.4 is 0 Å². The van der Waals surface area contributed by atoms with E-state index in [1.165, 1.54) is 88.3 Å². The predicted molar refractivity (Wildman–Crippen MR) is 355 cm³/mol. The van der Waals surface area contributed by atoms with Crippen molar-refractivity contribution in [1.29, 1.82) is 0 Å². The third-order valence-corrected chi connectivity index (χ3v) is 7.07. The molecule has 0 aliphatic carbocycles. The maximum Gasteiger partial charge on any atom is 0.0194 e. The fourth-order valence-corrected chi connectivity index (χ4v) is 4.73. The Labute approximate surface area is 464 Å². The maximum atomic E-state index is 5.75. The van der Waals surface area contributed by atoms with Crippen molar-refractivity contribution in [1.82, 2.24) is 0 Å². The van der Waals surface area contributed by atoms with E-state index in [2.05, 4.69) is 158 Å². The lowest BCUT2D eigenvalue weighted by molar-refractivity contribution is 0.734. The first-order valence-electron chi connectivity index (χ1n) is 31.5. The summed E-state index contributed by atoms with van der Waals surface area (Å²) < 4.78 is 23.0. The first kappa shape index (κ1) is 86.6. The SMILES string of the molecule is CC.CC.CC.CC.CC.CC.CC.CC.CC.CC.CC.CC.[2H]C.[2H]C.[2H]C.[2H]C.c1ccc(-c2ccccc2)cc1.c1ccc(CCCCc2ccccc2)cc1.c1ccc2ccccc2c1.c1ccccc1. The normalized spacial score (nSPS) is 7.33. The molecule has 0 bridgehead atoms. The third-order valence-electron chi connectivity index (χ3n) is 7.07. The quantitative estimate of drug-likeness (QED) is 0.146. The van der Waals surface area contributed by atoms with Gasteiger partial charge in [0, 0.05) is 5.48 Å². The van der Waals surface area contributed by atoms with Crippen LogP contribution in [0.5, 0.6) is 0 Å². The van der Waals surface area contributed by atoms with Gasteiger partial charge in [-0.15, -0.1) is 0 Å². The Bertz CT molecular complexity index is 1510. The average Bonchev–Trinajstić information content (AvgIpc) is 3.59. The van der Waals surface area contributed by atoms with Crippen LogP contribution in [0.25, 0.3) is 21.9 Å². The largest absolute Gasteiger partial charge is 0.0776 e. The Morgan fingerprint density at radius 2 is 0.347 bits per heavy atom. The molecule has 7 aromatic rings. The molecule has 0 aromatic heterocycles. The molecule has 0 N–H and O–H groups in total. The Morgan fingerprint density at radius 3 is 0.528 bits per heavy atom. The maximum absolute atomic E-state index is 5.75. The summed E-state index contributed by atoms with van der Waals surface area (Å²) in [6, 6.07) is 71.0. The van der Waals surface area contributed by atoms with Crippen LogP contribution in [0.2, 0.25) is 0 Å². The zero-order chi connectivity index (χ0) is 62.3. The molecular formula is C72H130. The van der Waals surface area contributed by atoms with Gasteiger partial charge < -0.3 is 0 Å². The van der Waals surface area contributed by atoms with Gasteiger partial charge in [0.15, 0.2) is 0 Å². The van der Waals surface area contributed by atoms with Crippen molar-refractivity contribution < 1.29 is 5.48 Å². The highest BCUT2D eigenvalue weighted by atomic mass is 14.0. The molecular weight excluding hydrogens is 865 g/mol. The molecule has 0 radical (unpaired) electrons. The van der Waals surface area contributed by atoms with Gasteiger partial charge in [0.25, 0.3) is 0 Å². The molecule has 0 spiro atoms. The molecule has 0 fully saturated rings. The van der Waals surface area contributed by atoms with Crippen molar-refractivity contribution in [3.8, 4) is 11.1 Å². The van der Waals surface area contributed by atoms with E-state index in [1.54, 1.807) is 0 Å². The van der Waals surface area contributed by atoms with Gasteiger partial charge in [0.2, 0.25) is 0 Å². The third kappa shape index (κ3) is 69.1. The minimum atomic E-state index is 1.20. The van der Waals surface area contributed by atoms with E-state index >= 15 is 0 Å². The van der Waals surface area contributed by atoms with Crippen molar-refractivity contribution in [3.05, 3.63) is 217 Å². The van der Waals surface area contributed by atoms with E-state index in [0.717, 1.165) is 0 Å². The van der Waals surface area contributed by atoms with Crippen LogP contribution in [-0.4, -0.2) is 0 Å². The van der Waals surface area contributed by atoms with Gasteiger partial charge in [-0.3, -0.25) is 0 Å². The number of hydrogen-bond donors (Lipinski definition) is 0. The van der Waals surface area contributed by atoms with E-state index in [4.69, 9.17) is 5.48 Å². The summed E-state index contributed by atoms with van der Waals surface area (Å²) in [5, 5.41) is 2.62. The van der Waals surface area contributed by atoms with Gasteiger partial charge in [-0.1, -0.05) is 402 Å². The molecule has 418 valence electrons. The minimum Gasteiger partial charge on any atom is -0.0776 e. The lowest BCUT2D eigenvalue weighted by atomic mass is 10.0. The summed E-state index contributed by atoms with van der Waals surface area (Å²) in [6.07, 6.45) is 4.96. The highest BCUT2D eigenvalue weighted by Crippen LogP contribution is 2.17. The molecule has 0 saturated carbocycles. The number of unbranched alkanes of at least 4 members (excludes halogenated alkanes) is 1. The molecule has 0 unspecified atom stereocenters. The molecule has 7 aromatic carbocycles. The first-order chi connectivity index (χ1) is 37.9. The standard InChI is InChI=1S/C16H18.C12H10.C10H8.C6H6.12C2H6.4CH4/c1-3-9-15(10-4-1)13-7-8-14-16-11-5-2-6-12-16;1-3-7-11(8-4-1)12-9-5-2-6-10-12;1-2-6-10-8-4-3-7-9(10)5-1;1-2-4-6-5-3-1;12*1-2;;;;/h1-6,9-12H,7-8,13-14H2;1-10H;1-8H;1-6H;12*1-2H3;4*1H4/i;;;;;;;;;;;;;;;;4*1D. The minimum absolute atomic E-state index is 1.20. The number of rotatable bonds is 6. The average molecular weight is 1000 g/mol. The smallest absolute Gasteiger partial charge is 0.0194 e. The van der Waals surface area contributed by atoms with Gasteiger partial charge in [0.1, 0.15) is 0 Å². The van der Waals surface area contributed by atoms with Crippen LogP contribution in [0.1, 0.15) is 225 Å². The monoisotopic (exact) mass is 999 g/mol. The van der Waals surface area contributed by atoms with E-state index in [1.807, 2.05) is 215 Å². The molecule has 0 aliphatic rings. The fraction of sp³-hybridized carbons (Fsp3) is 0.444. The molecule has 0 nitrogen and oxygen atoms in total. The zero-order valence-corrected chi connectivity index (χ0v) is 53.5. The second kappa shape index (κ2) is 107. The van der Waals surface area contributed by atoms with Crippen LogP contribution in [0.15, 0.2) is 206 Å². The van der Waals surface area contributed by atoms with Crippen molar-refractivity contribution in [2.75, 3.05) is 0 Å². The van der Waals surface area contributed by atoms with Gasteiger partial charge >= 0.3 is 0 Å². The van der Waals surface area contributed by atoms with Gasteiger partial charge in [-0.2, -0.15) is 0 Å². The summed E-state index contributed by atoms with van der Waals surface area (Å²) in [5.41, 5.74) is 5.46. The highest BCUT2D eigenvalue weighted by Gasteiger charge is 1.94. The zero-order valence-electron chi connectivity index (χ0n) is 57.5. The highest BCUT2D eigenvalue weighted by molar-refractivity contribution is 5.82. The number of hydrogen-bond acceptors (Lipinski definition) is 0. The van der Waals surface area contributed by atoms with Crippen LogP contribution in [0, 0.1) is 0 Å². The van der Waals surface area contributed by atoms with Crippen molar-refractivity contribution in [2.45, 2.75) is 221 Å². The molecule has 0 heterocycles. The molecule has 0 heteroatoms. The summed E-state index contributed by atoms with van der Waals surface area (Å²) in [6.45, 7) is 48.0. The first-order valence-corrected chi connectivity index (χ1v) is 27.5. The Balaban J connectivity index is -0.0000000547. The van der Waals surface area contributed by atoms with Gasteiger partial charge in [-0.05, 0) is 58.7 Å². The van der Waals surface area contributed by atoms with Crippen LogP contribution in [-0.2, 0) is 12.8 Å². The second-order valence-corrected chi connectivity index (χ2v) is 10.4. The van der Waals surface area contributed by atoms with E-state index in [0.29, 0.717) is 0 Å². The topological polar surface area (TPSA) is 0 Å². The number of fused-ring (bicyclic) bond motifs is 1. The van der Waals surface area contributed by atoms with Gasteiger partial charge in [-0.25, -0.2) is 0 Å². The lowest BCUT2D eigenvalue weighted by Gasteiger charge is -2.02. The number of aryl methyl sites for hydroxylation is 2. The molecule has 0 saturated heterocycles. The van der Waals surface area contributed by atoms with Gasteiger partial charge in [0.05, 0.1) is 0 Å². The molecule has 0 aliphatic heterocycles. The van der Waals surface area contributed by atoms with Crippen molar-refractivity contribution >= 4 is 10.8 Å². The molecule has 0 amide bonds. The molecule has 0 atom stereocenters. The lowest BCUT2D eigenvalue weighted by Crippen LogP contribution is -1.88. The fourth-order valence-electron chi connectivity index (χ4n) is 4.73. The molecule has 7 rings (SSSR count).